The van der Waals surface area contributed by atoms with Crippen LogP contribution in [0.2, 0.25) is 0 Å². The molecule has 1 N–H and O–H groups in total. The van der Waals surface area contributed by atoms with E-state index in [-0.39, 0.29) is 18.6 Å². The molecule has 0 aliphatic heterocycles. The summed E-state index contributed by atoms with van der Waals surface area (Å²) in [5.41, 5.74) is 3.69. The number of esters is 1. The molecule has 1 heterocycles. The zero-order valence-electron chi connectivity index (χ0n) is 17.6. The first kappa shape index (κ1) is 21.1. The molecule has 0 atom stereocenters. The van der Waals surface area contributed by atoms with E-state index < -0.39 is 5.97 Å². The predicted octanol–water partition coefficient (Wildman–Crippen LogP) is 4.07. The van der Waals surface area contributed by atoms with Gasteiger partial charge in [0.2, 0.25) is 0 Å². The van der Waals surface area contributed by atoms with Gasteiger partial charge in [-0.05, 0) is 57.2 Å². The maximum absolute atomic E-state index is 12.8. The Morgan fingerprint density at radius 3 is 2.27 bits per heavy atom. The van der Waals surface area contributed by atoms with E-state index in [9.17, 15) is 9.59 Å². The molecule has 0 saturated heterocycles. The quantitative estimate of drug-likeness (QED) is 0.599. The second-order valence-electron chi connectivity index (χ2n) is 7.24. The minimum Gasteiger partial charge on any atom is -0.452 e. The topological polar surface area (TPSA) is 76.5 Å². The molecule has 7 heteroatoms. The minimum absolute atomic E-state index is 0.0933. The second-order valence-corrected chi connectivity index (χ2v) is 7.24. The fourth-order valence-electron chi connectivity index (χ4n) is 3.10. The van der Waals surface area contributed by atoms with Gasteiger partial charge in [0.15, 0.2) is 6.61 Å². The van der Waals surface area contributed by atoms with Gasteiger partial charge in [0.1, 0.15) is 5.56 Å². The van der Waals surface area contributed by atoms with Crippen LogP contribution in [0.3, 0.4) is 0 Å². The molecular formula is C23H26N4O3. The third kappa shape index (κ3) is 4.86. The minimum atomic E-state index is -0.555. The molecule has 0 fully saturated rings. The normalized spacial score (nSPS) is 10.7. The van der Waals surface area contributed by atoms with Crippen LogP contribution in [0.1, 0.15) is 29.9 Å². The Hall–Kier alpha value is -3.61. The number of anilines is 3. The van der Waals surface area contributed by atoms with Crippen LogP contribution < -0.4 is 10.2 Å². The van der Waals surface area contributed by atoms with Gasteiger partial charge >= 0.3 is 5.97 Å². The van der Waals surface area contributed by atoms with Crippen LogP contribution in [0, 0.1) is 6.92 Å². The van der Waals surface area contributed by atoms with E-state index in [4.69, 9.17) is 4.74 Å². The van der Waals surface area contributed by atoms with E-state index >= 15 is 0 Å². The Morgan fingerprint density at radius 2 is 1.70 bits per heavy atom. The van der Waals surface area contributed by atoms with Crippen LogP contribution in [0.4, 0.5) is 17.1 Å². The number of para-hydroxylation sites is 1. The molecule has 1 amide bonds. The van der Waals surface area contributed by atoms with Crippen molar-refractivity contribution in [1.29, 1.82) is 0 Å². The highest BCUT2D eigenvalue weighted by atomic mass is 16.5. The predicted molar refractivity (Wildman–Crippen MR) is 117 cm³/mol. The van der Waals surface area contributed by atoms with E-state index in [0.29, 0.717) is 11.3 Å². The van der Waals surface area contributed by atoms with E-state index in [2.05, 4.69) is 10.4 Å². The summed E-state index contributed by atoms with van der Waals surface area (Å²) in [5.74, 6) is -0.844. The molecule has 0 aliphatic carbocycles. The Morgan fingerprint density at radius 1 is 1.07 bits per heavy atom. The van der Waals surface area contributed by atoms with E-state index in [0.717, 1.165) is 17.1 Å². The standard InChI is InChI=1S/C23H26N4O3/c1-16(2)27(22(28)15-30-23(29)21-14-24-26(4)17(21)3)20-12-10-19(11-13-20)25-18-8-6-5-7-9-18/h5-14,16,25H,15H2,1-4H3. The molecule has 7 nitrogen and oxygen atoms in total. The SMILES string of the molecule is Cc1c(C(=O)OCC(=O)N(c2ccc(Nc3ccccc3)cc2)C(C)C)cnn1C. The number of nitrogens with one attached hydrogen (secondary N) is 1. The number of rotatable bonds is 7. The number of ether oxygens (including phenoxy) is 1. The summed E-state index contributed by atoms with van der Waals surface area (Å²) >= 11 is 0. The van der Waals surface area contributed by atoms with Crippen molar-refractivity contribution in [2.24, 2.45) is 7.05 Å². The first-order valence-corrected chi connectivity index (χ1v) is 9.76. The number of carbonyl (C=O) groups is 2. The van der Waals surface area contributed by atoms with Gasteiger partial charge in [-0.25, -0.2) is 4.79 Å². The number of carbonyl (C=O) groups excluding carboxylic acids is 2. The molecular weight excluding hydrogens is 380 g/mol. The summed E-state index contributed by atoms with van der Waals surface area (Å²) in [6, 6.07) is 17.3. The zero-order valence-corrected chi connectivity index (χ0v) is 17.6. The molecule has 156 valence electrons. The lowest BCUT2D eigenvalue weighted by atomic mass is 10.2. The number of aromatic nitrogens is 2. The summed E-state index contributed by atoms with van der Waals surface area (Å²) < 4.78 is 6.83. The van der Waals surface area contributed by atoms with Crippen LogP contribution >= 0.6 is 0 Å². The first-order valence-electron chi connectivity index (χ1n) is 9.76. The van der Waals surface area contributed by atoms with Crippen molar-refractivity contribution >= 4 is 28.9 Å². The number of aryl methyl sites for hydroxylation is 1. The highest BCUT2D eigenvalue weighted by Crippen LogP contribution is 2.23. The number of benzene rings is 2. The van der Waals surface area contributed by atoms with Gasteiger partial charge in [0, 0.05) is 35.8 Å². The smallest absolute Gasteiger partial charge is 0.342 e. The van der Waals surface area contributed by atoms with Crippen molar-refractivity contribution in [2.45, 2.75) is 26.8 Å². The monoisotopic (exact) mass is 406 g/mol. The molecule has 0 bridgehead atoms. The Labute approximate surface area is 176 Å². The fourth-order valence-corrected chi connectivity index (χ4v) is 3.10. The number of hydrogen-bond donors (Lipinski definition) is 1. The molecule has 1 aromatic heterocycles. The van der Waals surface area contributed by atoms with Crippen molar-refractivity contribution in [3.8, 4) is 0 Å². The lowest BCUT2D eigenvalue weighted by Gasteiger charge is -2.27. The van der Waals surface area contributed by atoms with E-state index in [1.807, 2.05) is 68.4 Å². The average molecular weight is 406 g/mol. The van der Waals surface area contributed by atoms with Crippen molar-refractivity contribution in [3.63, 3.8) is 0 Å². The fraction of sp³-hybridized carbons (Fsp3) is 0.261. The molecule has 3 rings (SSSR count). The van der Waals surface area contributed by atoms with Crippen LogP contribution in [0.15, 0.2) is 60.8 Å². The number of nitrogens with zero attached hydrogens (tertiary/aromatic N) is 3. The van der Waals surface area contributed by atoms with Crippen LogP contribution in [-0.4, -0.2) is 34.3 Å². The maximum atomic E-state index is 12.8. The summed E-state index contributed by atoms with van der Waals surface area (Å²) in [7, 11) is 1.74. The van der Waals surface area contributed by atoms with Crippen LogP contribution in [0.5, 0.6) is 0 Å². The van der Waals surface area contributed by atoms with Gasteiger partial charge in [-0.1, -0.05) is 18.2 Å². The van der Waals surface area contributed by atoms with Crippen molar-refractivity contribution in [3.05, 3.63) is 72.1 Å². The van der Waals surface area contributed by atoms with Crippen molar-refractivity contribution in [2.75, 3.05) is 16.8 Å². The maximum Gasteiger partial charge on any atom is 0.342 e. The molecule has 0 unspecified atom stereocenters. The summed E-state index contributed by atoms with van der Waals surface area (Å²) in [5, 5.41) is 7.34. The Balaban J connectivity index is 1.66. The highest BCUT2D eigenvalue weighted by molar-refractivity contribution is 5.97. The van der Waals surface area contributed by atoms with Crippen molar-refractivity contribution < 1.29 is 14.3 Å². The molecule has 0 radical (unpaired) electrons. The lowest BCUT2D eigenvalue weighted by Crippen LogP contribution is -2.39. The second kappa shape index (κ2) is 9.26. The molecule has 0 aliphatic rings. The van der Waals surface area contributed by atoms with Crippen LogP contribution in [0.25, 0.3) is 0 Å². The third-order valence-electron chi connectivity index (χ3n) is 4.77. The van der Waals surface area contributed by atoms with E-state index in [1.165, 1.54) is 6.20 Å². The largest absolute Gasteiger partial charge is 0.452 e. The summed E-state index contributed by atoms with van der Waals surface area (Å²) in [6.07, 6.45) is 1.45. The lowest BCUT2D eigenvalue weighted by molar-refractivity contribution is -0.122. The van der Waals surface area contributed by atoms with Gasteiger partial charge < -0.3 is 15.0 Å². The first-order chi connectivity index (χ1) is 14.4. The van der Waals surface area contributed by atoms with Gasteiger partial charge in [-0.15, -0.1) is 0 Å². The van der Waals surface area contributed by atoms with Gasteiger partial charge in [-0.2, -0.15) is 5.10 Å². The van der Waals surface area contributed by atoms with Gasteiger partial charge in [0.25, 0.3) is 5.91 Å². The Bertz CT molecular complexity index is 1010. The van der Waals surface area contributed by atoms with Gasteiger partial charge in [-0.3, -0.25) is 9.48 Å². The number of amides is 1. The summed E-state index contributed by atoms with van der Waals surface area (Å²) in [4.78, 5) is 26.7. The van der Waals surface area contributed by atoms with Crippen molar-refractivity contribution in [1.82, 2.24) is 9.78 Å². The van der Waals surface area contributed by atoms with E-state index in [1.54, 1.807) is 23.6 Å². The zero-order chi connectivity index (χ0) is 21.7. The molecule has 30 heavy (non-hydrogen) atoms. The molecule has 2 aromatic carbocycles. The number of hydrogen-bond acceptors (Lipinski definition) is 5. The van der Waals surface area contributed by atoms with Gasteiger partial charge in [0.05, 0.1) is 6.20 Å². The van der Waals surface area contributed by atoms with Crippen LogP contribution in [-0.2, 0) is 16.6 Å². The Kier molecular flexibility index (Phi) is 6.51. The third-order valence-corrected chi connectivity index (χ3v) is 4.77. The average Bonchev–Trinajstić information content (AvgIpc) is 3.07. The molecule has 0 spiro atoms. The highest BCUT2D eigenvalue weighted by Gasteiger charge is 2.22. The molecule has 0 saturated carbocycles. The molecule has 3 aromatic rings. The summed E-state index contributed by atoms with van der Waals surface area (Å²) in [6.45, 7) is 5.27.